The predicted molar refractivity (Wildman–Crippen MR) is 381 cm³/mol. The third kappa shape index (κ3) is 68.1. The van der Waals surface area contributed by atoms with Crippen molar-refractivity contribution in [1.29, 1.82) is 0 Å². The zero-order valence-corrected chi connectivity index (χ0v) is 62.5. The lowest BCUT2D eigenvalue weighted by Gasteiger charge is -2.21. The van der Waals surface area contributed by atoms with Gasteiger partial charge in [-0.05, 0) is 63.2 Å². The average molecular weight is 1380 g/mol. The Bertz CT molecular complexity index is 1910. The third-order valence-corrected chi connectivity index (χ3v) is 18.7. The summed E-state index contributed by atoms with van der Waals surface area (Å²) < 4.78 is 68.4. The number of phosphoric ester groups is 2. The van der Waals surface area contributed by atoms with Crippen molar-refractivity contribution in [2.75, 3.05) is 39.6 Å². The maximum atomic E-state index is 13.1. The van der Waals surface area contributed by atoms with Gasteiger partial charge in [0.1, 0.15) is 19.3 Å². The first-order valence-electron chi connectivity index (χ1n) is 38.3. The number of hydrogen-bond acceptors (Lipinski definition) is 15. The van der Waals surface area contributed by atoms with E-state index in [0.29, 0.717) is 25.7 Å². The second-order valence-electron chi connectivity index (χ2n) is 27.3. The molecule has 0 heterocycles. The first kappa shape index (κ1) is 91.5. The van der Waals surface area contributed by atoms with Gasteiger partial charge in [0, 0.05) is 25.7 Å². The summed E-state index contributed by atoms with van der Waals surface area (Å²) in [6.45, 7) is 9.52. The Morgan fingerprint density at radius 3 is 0.872 bits per heavy atom. The SMILES string of the molecule is CCCCCC/C=C\C=C/CCCCCCCC(=O)O[C@H](COC(=O)CCCCCCCCCCCCCCC(C)C)COP(=O)(O)OC[C@@H](O)COP(=O)(O)OC[C@@H](COC(=O)CCCCCCCCCCC)OC(=O)CCCCCCCCCCCCCCC(C)C. The number of aliphatic hydroxyl groups excluding tert-OH is 1. The average Bonchev–Trinajstić information content (AvgIpc) is 1.43. The molecule has 0 amide bonds. The van der Waals surface area contributed by atoms with Gasteiger partial charge in [0.25, 0.3) is 0 Å². The lowest BCUT2D eigenvalue weighted by molar-refractivity contribution is -0.161. The molecule has 0 aliphatic heterocycles. The summed E-state index contributed by atoms with van der Waals surface area (Å²) in [6, 6.07) is 0. The van der Waals surface area contributed by atoms with Gasteiger partial charge >= 0.3 is 39.5 Å². The molecule has 0 bridgehead atoms. The van der Waals surface area contributed by atoms with Crippen molar-refractivity contribution in [3.05, 3.63) is 24.3 Å². The lowest BCUT2D eigenvalue weighted by Crippen LogP contribution is -2.30. The summed E-state index contributed by atoms with van der Waals surface area (Å²) in [5.41, 5.74) is 0. The molecule has 554 valence electrons. The fourth-order valence-corrected chi connectivity index (χ4v) is 12.5. The van der Waals surface area contributed by atoms with E-state index in [1.165, 1.54) is 167 Å². The van der Waals surface area contributed by atoms with Crippen LogP contribution in [0.5, 0.6) is 0 Å². The van der Waals surface area contributed by atoms with Gasteiger partial charge in [-0.15, -0.1) is 0 Å². The van der Waals surface area contributed by atoms with Gasteiger partial charge in [-0.2, -0.15) is 0 Å². The van der Waals surface area contributed by atoms with E-state index in [1.54, 1.807) is 0 Å². The Kier molecular flexibility index (Phi) is 64.7. The van der Waals surface area contributed by atoms with E-state index in [9.17, 15) is 43.2 Å². The fraction of sp³-hybridized carbons (Fsp3) is 0.893. The molecule has 0 saturated heterocycles. The minimum Gasteiger partial charge on any atom is -0.462 e. The first-order chi connectivity index (χ1) is 45.4. The molecule has 0 spiro atoms. The molecule has 0 aliphatic rings. The van der Waals surface area contributed by atoms with Crippen LogP contribution in [-0.2, 0) is 65.4 Å². The van der Waals surface area contributed by atoms with E-state index in [1.807, 2.05) is 0 Å². The van der Waals surface area contributed by atoms with Gasteiger partial charge in [-0.1, -0.05) is 310 Å². The molecule has 19 heteroatoms. The Hall–Kier alpha value is -2.46. The number of carbonyl (C=O) groups excluding carboxylic acids is 4. The van der Waals surface area contributed by atoms with Gasteiger partial charge in [-0.25, -0.2) is 9.13 Å². The molecule has 94 heavy (non-hydrogen) atoms. The summed E-state index contributed by atoms with van der Waals surface area (Å²) in [4.78, 5) is 72.7. The zero-order valence-electron chi connectivity index (χ0n) is 60.7. The summed E-state index contributed by atoms with van der Waals surface area (Å²) >= 11 is 0. The highest BCUT2D eigenvalue weighted by Crippen LogP contribution is 2.45. The van der Waals surface area contributed by atoms with E-state index in [-0.39, 0.29) is 25.7 Å². The number of esters is 4. The number of aliphatic hydroxyl groups is 1. The van der Waals surface area contributed by atoms with Crippen molar-refractivity contribution >= 4 is 39.5 Å². The molecular weight excluding hydrogens is 1230 g/mol. The van der Waals surface area contributed by atoms with Crippen LogP contribution in [0.4, 0.5) is 0 Å². The maximum absolute atomic E-state index is 13.1. The topological polar surface area (TPSA) is 237 Å². The van der Waals surface area contributed by atoms with Crippen LogP contribution in [0, 0.1) is 11.8 Å². The highest BCUT2D eigenvalue weighted by molar-refractivity contribution is 7.47. The molecule has 0 rings (SSSR count). The molecular formula is C75H142O17P2. The summed E-state index contributed by atoms with van der Waals surface area (Å²) in [5.74, 6) is -0.593. The van der Waals surface area contributed by atoms with Crippen molar-refractivity contribution < 1.29 is 80.2 Å². The predicted octanol–water partition coefficient (Wildman–Crippen LogP) is 21.5. The number of ether oxygens (including phenoxy) is 4. The minimum atomic E-state index is -4.96. The summed E-state index contributed by atoms with van der Waals surface area (Å²) in [6.07, 6.45) is 56.2. The molecule has 0 radical (unpaired) electrons. The molecule has 0 saturated carbocycles. The number of allylic oxidation sites excluding steroid dienone is 4. The monoisotopic (exact) mass is 1380 g/mol. The zero-order chi connectivity index (χ0) is 69.3. The molecule has 0 aromatic rings. The second kappa shape index (κ2) is 66.4. The summed E-state index contributed by atoms with van der Waals surface area (Å²) in [5, 5.41) is 10.6. The van der Waals surface area contributed by atoms with Crippen LogP contribution < -0.4 is 0 Å². The molecule has 0 aromatic carbocycles. The third-order valence-electron chi connectivity index (χ3n) is 16.8. The lowest BCUT2D eigenvalue weighted by atomic mass is 10.0. The Balaban J connectivity index is 5.27. The van der Waals surface area contributed by atoms with Crippen LogP contribution in [0.1, 0.15) is 363 Å². The van der Waals surface area contributed by atoms with Gasteiger partial charge in [-0.3, -0.25) is 37.3 Å². The van der Waals surface area contributed by atoms with Crippen molar-refractivity contribution in [3.63, 3.8) is 0 Å². The number of carbonyl (C=O) groups is 4. The molecule has 0 fully saturated rings. The molecule has 5 atom stereocenters. The molecule has 0 aliphatic carbocycles. The van der Waals surface area contributed by atoms with Gasteiger partial charge in [0.15, 0.2) is 12.2 Å². The van der Waals surface area contributed by atoms with Crippen LogP contribution in [0.15, 0.2) is 24.3 Å². The first-order valence-corrected chi connectivity index (χ1v) is 41.3. The van der Waals surface area contributed by atoms with Gasteiger partial charge < -0.3 is 33.8 Å². The van der Waals surface area contributed by atoms with Crippen molar-refractivity contribution in [2.45, 2.75) is 381 Å². The maximum Gasteiger partial charge on any atom is 0.472 e. The largest absolute Gasteiger partial charge is 0.472 e. The van der Waals surface area contributed by atoms with Crippen LogP contribution in [0.25, 0.3) is 0 Å². The van der Waals surface area contributed by atoms with E-state index in [2.05, 4.69) is 65.8 Å². The fourth-order valence-electron chi connectivity index (χ4n) is 10.9. The van der Waals surface area contributed by atoms with Crippen LogP contribution >= 0.6 is 15.6 Å². The second-order valence-corrected chi connectivity index (χ2v) is 30.2. The Morgan fingerprint density at radius 2 is 0.574 bits per heavy atom. The van der Waals surface area contributed by atoms with E-state index < -0.39 is 97.5 Å². The Labute approximate surface area is 573 Å². The Morgan fingerprint density at radius 1 is 0.330 bits per heavy atom. The summed E-state index contributed by atoms with van der Waals surface area (Å²) in [7, 11) is -9.92. The molecule has 0 aromatic heterocycles. The normalized spacial score (nSPS) is 14.2. The van der Waals surface area contributed by atoms with Crippen molar-refractivity contribution in [1.82, 2.24) is 0 Å². The quantitative estimate of drug-likeness (QED) is 0.0169. The van der Waals surface area contributed by atoms with Crippen molar-refractivity contribution in [3.8, 4) is 0 Å². The molecule has 3 N–H and O–H groups in total. The number of hydrogen-bond donors (Lipinski definition) is 3. The van der Waals surface area contributed by atoms with Crippen molar-refractivity contribution in [2.24, 2.45) is 11.8 Å². The van der Waals surface area contributed by atoms with E-state index in [4.69, 9.17) is 37.0 Å². The standard InChI is InChI=1S/C75H142O17P2/c1-7-9-11-13-15-17-18-19-20-21-29-35-41-47-53-59-74(79)92-71(64-86-73(78)58-52-46-40-34-28-24-22-26-32-37-43-49-55-67(3)4)66-90-94(83,84)88-62-69(76)61-87-93(81,82)89-65-70(63-85-72(77)57-51-45-39-31-16-14-12-10-8-2)91-75(80)60-54-48-42-36-30-25-23-27-33-38-44-50-56-68(5)6/h17-20,67-71,76H,7-16,21-66H2,1-6H3,(H,81,82)(H,83,84)/b18-17-,20-19-/t69-,70+,71+/m0/s1. The minimum absolute atomic E-state index is 0.0850. The van der Waals surface area contributed by atoms with E-state index in [0.717, 1.165) is 115 Å². The molecule has 17 nitrogen and oxygen atoms in total. The number of phosphoric acid groups is 2. The van der Waals surface area contributed by atoms with Crippen LogP contribution in [0.2, 0.25) is 0 Å². The smallest absolute Gasteiger partial charge is 0.462 e. The van der Waals surface area contributed by atoms with Crippen LogP contribution in [0.3, 0.4) is 0 Å². The number of unbranched alkanes of at least 4 members (excludes halogenated alkanes) is 39. The number of rotatable bonds is 72. The van der Waals surface area contributed by atoms with E-state index >= 15 is 0 Å². The molecule has 2 unspecified atom stereocenters. The highest BCUT2D eigenvalue weighted by atomic mass is 31.2. The highest BCUT2D eigenvalue weighted by Gasteiger charge is 2.30. The van der Waals surface area contributed by atoms with Crippen LogP contribution in [-0.4, -0.2) is 96.7 Å². The van der Waals surface area contributed by atoms with Gasteiger partial charge in [0.2, 0.25) is 0 Å². The van der Waals surface area contributed by atoms with Gasteiger partial charge in [0.05, 0.1) is 26.4 Å².